The summed E-state index contributed by atoms with van der Waals surface area (Å²) in [5.74, 6) is 0.603. The Hall–Kier alpha value is -3.24. The smallest absolute Gasteiger partial charge is 0.269 e. The number of benzene rings is 1. The van der Waals surface area contributed by atoms with Gasteiger partial charge in [-0.15, -0.1) is 0 Å². The maximum atomic E-state index is 14.9. The Bertz CT molecular complexity index is 1460. The lowest BCUT2D eigenvalue weighted by molar-refractivity contribution is -0.384. The number of nitro benzene ring substituents is 1. The van der Waals surface area contributed by atoms with E-state index >= 15 is 0 Å². The second kappa shape index (κ2) is 12.3. The lowest BCUT2D eigenvalue weighted by atomic mass is 9.69. The molecule has 3 saturated heterocycles. The summed E-state index contributed by atoms with van der Waals surface area (Å²) in [6.45, 7) is 5.63. The topological polar surface area (TPSA) is 101 Å². The minimum atomic E-state index is -0.340. The first-order valence-corrected chi connectivity index (χ1v) is 16.7. The largest absolute Gasteiger partial charge is 0.385 e. The van der Waals surface area contributed by atoms with Crippen LogP contribution in [-0.2, 0) is 22.5 Å². The average molecular weight is 604 g/mol. The fraction of sp³-hybridized carbons (Fsp3) is 0.647. The van der Waals surface area contributed by atoms with E-state index in [0.29, 0.717) is 44.6 Å². The van der Waals surface area contributed by atoms with E-state index in [1.165, 1.54) is 25.7 Å². The third kappa shape index (κ3) is 5.34. The number of methoxy groups -OCH3 is 1. The molecule has 1 amide bonds. The molecular formula is C34H45N5O5. The quantitative estimate of drug-likeness (QED) is 0.255. The van der Waals surface area contributed by atoms with Crippen molar-refractivity contribution >= 4 is 17.3 Å². The van der Waals surface area contributed by atoms with Gasteiger partial charge in [0.15, 0.2) is 0 Å². The van der Waals surface area contributed by atoms with Crippen LogP contribution in [0.3, 0.4) is 0 Å². The van der Waals surface area contributed by atoms with Gasteiger partial charge in [0.2, 0.25) is 5.91 Å². The molecule has 6 atom stereocenters. The first-order valence-electron chi connectivity index (χ1n) is 16.7. The van der Waals surface area contributed by atoms with Crippen LogP contribution < -0.4 is 10.5 Å². The highest BCUT2D eigenvalue weighted by atomic mass is 16.6. The Kier molecular flexibility index (Phi) is 8.22. The molecule has 44 heavy (non-hydrogen) atoms. The summed E-state index contributed by atoms with van der Waals surface area (Å²) in [5.41, 5.74) is 3.03. The van der Waals surface area contributed by atoms with Crippen LogP contribution in [0.2, 0.25) is 0 Å². The minimum absolute atomic E-state index is 0.0240. The molecule has 0 saturated carbocycles. The predicted octanol–water partition coefficient (Wildman–Crippen LogP) is 4.05. The molecule has 10 nitrogen and oxygen atoms in total. The highest BCUT2D eigenvalue weighted by Crippen LogP contribution is 2.48. The van der Waals surface area contributed by atoms with Gasteiger partial charge in [0.1, 0.15) is 0 Å². The number of hydrogen-bond acceptors (Lipinski definition) is 7. The maximum absolute atomic E-state index is 14.9. The Morgan fingerprint density at radius 1 is 1.11 bits per heavy atom. The molecule has 0 spiro atoms. The van der Waals surface area contributed by atoms with Gasteiger partial charge in [-0.1, -0.05) is 12.5 Å². The summed E-state index contributed by atoms with van der Waals surface area (Å²) in [7, 11) is 1.71. The van der Waals surface area contributed by atoms with Crippen LogP contribution in [0.1, 0.15) is 62.1 Å². The molecular weight excluding hydrogens is 558 g/mol. The van der Waals surface area contributed by atoms with Crippen molar-refractivity contribution in [3.63, 3.8) is 0 Å². The molecule has 0 radical (unpaired) electrons. The van der Waals surface area contributed by atoms with Crippen LogP contribution in [0.5, 0.6) is 0 Å². The zero-order chi connectivity index (χ0) is 30.4. The number of carbonyl (C=O) groups is 1. The number of non-ortho nitro benzene ring substituents is 1. The second-order valence-electron chi connectivity index (χ2n) is 13.7. The highest BCUT2D eigenvalue weighted by Gasteiger charge is 2.50. The van der Waals surface area contributed by atoms with Crippen LogP contribution in [-0.4, -0.2) is 83.7 Å². The van der Waals surface area contributed by atoms with E-state index in [1.54, 1.807) is 25.3 Å². The van der Waals surface area contributed by atoms with E-state index in [2.05, 4.69) is 20.8 Å². The van der Waals surface area contributed by atoms with E-state index in [0.717, 1.165) is 55.8 Å². The molecule has 5 aliphatic rings. The molecule has 2 bridgehead atoms. The van der Waals surface area contributed by atoms with E-state index in [9.17, 15) is 19.7 Å². The van der Waals surface area contributed by atoms with E-state index in [1.807, 2.05) is 16.7 Å². The number of rotatable bonds is 8. The Balaban J connectivity index is 1.24. The average Bonchev–Trinajstić information content (AvgIpc) is 3.04. The highest BCUT2D eigenvalue weighted by molar-refractivity contribution is 5.82. The van der Waals surface area contributed by atoms with Gasteiger partial charge in [-0.2, -0.15) is 0 Å². The number of fused-ring (bicyclic) bond motifs is 9. The third-order valence-electron chi connectivity index (χ3n) is 11.3. The zero-order valence-corrected chi connectivity index (χ0v) is 25.8. The molecule has 6 heterocycles. The van der Waals surface area contributed by atoms with Crippen molar-refractivity contribution in [3.8, 4) is 0 Å². The van der Waals surface area contributed by atoms with Crippen LogP contribution >= 0.6 is 0 Å². The molecule has 5 aliphatic heterocycles. The number of piperidine rings is 3. The first-order chi connectivity index (χ1) is 21.4. The third-order valence-corrected chi connectivity index (χ3v) is 11.3. The zero-order valence-electron chi connectivity index (χ0n) is 25.8. The van der Waals surface area contributed by atoms with Gasteiger partial charge in [-0.05, 0) is 87.6 Å². The lowest BCUT2D eigenvalue weighted by Crippen LogP contribution is -2.62. The maximum Gasteiger partial charge on any atom is 0.269 e. The SMILES string of the molecule is COCCCN(C[C@@H]1CCCN2CCCC[C@H]12)C(=O)[C@@H]1Cc2cc([N+](=O)[O-])ccc2N2C[C@@H]3C[C@@H](Cn4c3cccc4=O)[C@@H]12. The summed E-state index contributed by atoms with van der Waals surface area (Å²) in [5, 5.41) is 11.8. The monoisotopic (exact) mass is 603 g/mol. The van der Waals surface area contributed by atoms with Crippen LogP contribution in [0.25, 0.3) is 0 Å². The molecule has 10 heteroatoms. The molecule has 7 rings (SSSR count). The number of anilines is 1. The van der Waals surface area contributed by atoms with Gasteiger partial charge in [0.25, 0.3) is 11.2 Å². The normalized spacial score (nSPS) is 29.2. The van der Waals surface area contributed by atoms with Gasteiger partial charge in [-0.3, -0.25) is 19.7 Å². The summed E-state index contributed by atoms with van der Waals surface area (Å²) in [4.78, 5) is 46.5. The molecule has 3 fully saturated rings. The minimum Gasteiger partial charge on any atom is -0.385 e. The fourth-order valence-corrected chi connectivity index (χ4v) is 9.44. The van der Waals surface area contributed by atoms with Crippen molar-refractivity contribution in [1.82, 2.24) is 14.4 Å². The van der Waals surface area contributed by atoms with Crippen molar-refractivity contribution in [2.75, 3.05) is 51.3 Å². The molecule has 1 aromatic heterocycles. The van der Waals surface area contributed by atoms with Crippen LogP contribution in [0, 0.1) is 27.9 Å². The number of pyridine rings is 1. The molecule has 1 aromatic carbocycles. The van der Waals surface area contributed by atoms with E-state index in [-0.39, 0.29) is 45.9 Å². The fourth-order valence-electron chi connectivity index (χ4n) is 9.44. The molecule has 0 N–H and O–H groups in total. The Morgan fingerprint density at radius 2 is 1.98 bits per heavy atom. The summed E-state index contributed by atoms with van der Waals surface area (Å²) < 4.78 is 7.34. The van der Waals surface area contributed by atoms with Crippen LogP contribution in [0.15, 0.2) is 41.2 Å². The Labute approximate surface area is 259 Å². The van der Waals surface area contributed by atoms with Gasteiger partial charge >= 0.3 is 0 Å². The molecule has 0 aliphatic carbocycles. The number of hydrogen-bond donors (Lipinski definition) is 0. The number of aromatic nitrogens is 1. The second-order valence-corrected chi connectivity index (χ2v) is 13.7. The van der Waals surface area contributed by atoms with Crippen molar-refractivity contribution in [3.05, 3.63) is 68.1 Å². The van der Waals surface area contributed by atoms with Crippen LogP contribution in [0.4, 0.5) is 11.4 Å². The van der Waals surface area contributed by atoms with Crippen molar-refractivity contribution in [1.29, 1.82) is 0 Å². The molecule has 236 valence electrons. The van der Waals surface area contributed by atoms with Gasteiger partial charge in [-0.25, -0.2) is 0 Å². The number of carbonyl (C=O) groups excluding carboxylic acids is 1. The standard InChI is InChI=1S/C34H45N5O5/c1-44-16-6-15-36(20-23-7-5-14-35-13-3-2-8-29(23)35)34(41)28-19-24-18-27(39(42)43)11-12-31(24)38-21-25-17-26(33(28)38)22-37-30(25)9-4-10-32(37)40/h4,9-12,18,23,25-26,28-29,33H,2-3,5-8,13-17,19-22H2,1H3/t23-,25-,26-,28+,29+,33-/m0/s1. The van der Waals surface area contributed by atoms with Gasteiger partial charge in [0.05, 0.1) is 10.8 Å². The number of ether oxygens (including phenoxy) is 1. The van der Waals surface area contributed by atoms with Crippen molar-refractivity contribution in [2.45, 2.75) is 75.9 Å². The lowest BCUT2D eigenvalue weighted by Gasteiger charge is -2.55. The summed E-state index contributed by atoms with van der Waals surface area (Å²) in [6.07, 6.45) is 8.26. The number of nitro groups is 1. The molecule has 2 aromatic rings. The molecule has 0 unspecified atom stereocenters. The predicted molar refractivity (Wildman–Crippen MR) is 168 cm³/mol. The van der Waals surface area contributed by atoms with Crippen molar-refractivity contribution < 1.29 is 14.5 Å². The number of nitrogens with zero attached hydrogens (tertiary/aromatic N) is 5. The summed E-state index contributed by atoms with van der Waals surface area (Å²) >= 11 is 0. The van der Waals surface area contributed by atoms with E-state index < -0.39 is 0 Å². The Morgan fingerprint density at radius 3 is 2.82 bits per heavy atom. The van der Waals surface area contributed by atoms with E-state index in [4.69, 9.17) is 4.74 Å². The van der Waals surface area contributed by atoms with Crippen molar-refractivity contribution in [2.24, 2.45) is 17.8 Å². The summed E-state index contributed by atoms with van der Waals surface area (Å²) in [6, 6.07) is 11.2. The van der Waals surface area contributed by atoms with Gasteiger partial charge in [0, 0.05) is 87.5 Å². The first kappa shape index (κ1) is 29.5. The number of amides is 1. The van der Waals surface area contributed by atoms with Gasteiger partial charge < -0.3 is 24.0 Å².